The van der Waals surface area contributed by atoms with Crippen LogP contribution < -0.4 is 0 Å². The van der Waals surface area contributed by atoms with Gasteiger partial charge in [-0.1, -0.05) is 0 Å². The summed E-state index contributed by atoms with van der Waals surface area (Å²) in [4.78, 5) is 2.18. The summed E-state index contributed by atoms with van der Waals surface area (Å²) in [6.07, 6.45) is 1.82. The summed E-state index contributed by atoms with van der Waals surface area (Å²) >= 11 is 0. The summed E-state index contributed by atoms with van der Waals surface area (Å²) in [6, 6.07) is 0. The Balaban J connectivity index is 2.15. The lowest BCUT2D eigenvalue weighted by Gasteiger charge is -2.31. The zero-order valence-corrected chi connectivity index (χ0v) is 8.63. The number of nitrogens with zero attached hydrogens (tertiary/aromatic N) is 1. The fourth-order valence-electron chi connectivity index (χ4n) is 1.85. The van der Waals surface area contributed by atoms with Crippen molar-refractivity contribution in [2.24, 2.45) is 0 Å². The standard InChI is InChI=1S/C10H20FNO/c1-3-13-10-4-6-12(7-5-10)8-9(2)11/h9-10H,3-8H2,1-2H3/t9-/m1/s1. The second-order valence-corrected chi connectivity index (χ2v) is 3.74. The Bertz CT molecular complexity index is 133. The van der Waals surface area contributed by atoms with Crippen molar-refractivity contribution in [3.05, 3.63) is 0 Å². The lowest BCUT2D eigenvalue weighted by atomic mass is 10.1. The molecular weight excluding hydrogens is 169 g/mol. The number of likely N-dealkylation sites (tertiary alicyclic amines) is 1. The average molecular weight is 189 g/mol. The first-order valence-electron chi connectivity index (χ1n) is 5.20. The molecule has 0 aliphatic carbocycles. The van der Waals surface area contributed by atoms with Gasteiger partial charge in [-0.15, -0.1) is 0 Å². The number of hydrogen-bond donors (Lipinski definition) is 0. The smallest absolute Gasteiger partial charge is 0.110 e. The summed E-state index contributed by atoms with van der Waals surface area (Å²) in [6.45, 7) is 6.99. The molecule has 1 aliphatic rings. The molecule has 0 radical (unpaired) electrons. The molecule has 0 N–H and O–H groups in total. The highest BCUT2D eigenvalue weighted by molar-refractivity contribution is 4.73. The maximum Gasteiger partial charge on any atom is 0.110 e. The zero-order valence-electron chi connectivity index (χ0n) is 8.63. The average Bonchev–Trinajstić information content (AvgIpc) is 2.08. The van der Waals surface area contributed by atoms with Crippen LogP contribution >= 0.6 is 0 Å². The van der Waals surface area contributed by atoms with E-state index in [-0.39, 0.29) is 0 Å². The molecule has 0 unspecified atom stereocenters. The maximum absolute atomic E-state index is 12.7. The summed E-state index contributed by atoms with van der Waals surface area (Å²) in [5.74, 6) is 0. The van der Waals surface area contributed by atoms with Gasteiger partial charge in [0.1, 0.15) is 6.17 Å². The van der Waals surface area contributed by atoms with Crippen LogP contribution in [0.1, 0.15) is 26.7 Å². The molecular formula is C10H20FNO. The molecule has 0 saturated carbocycles. The molecule has 0 spiro atoms. The molecule has 0 bridgehead atoms. The third-order valence-corrected chi connectivity index (χ3v) is 2.45. The van der Waals surface area contributed by atoms with E-state index in [1.165, 1.54) is 0 Å². The van der Waals surface area contributed by atoms with E-state index < -0.39 is 6.17 Å². The Hall–Kier alpha value is -0.150. The van der Waals surface area contributed by atoms with E-state index in [0.717, 1.165) is 32.5 Å². The van der Waals surface area contributed by atoms with Crippen LogP contribution in [0.4, 0.5) is 4.39 Å². The maximum atomic E-state index is 12.7. The van der Waals surface area contributed by atoms with Gasteiger partial charge in [-0.25, -0.2) is 4.39 Å². The van der Waals surface area contributed by atoms with Gasteiger partial charge >= 0.3 is 0 Å². The van der Waals surface area contributed by atoms with Gasteiger partial charge in [-0.3, -0.25) is 0 Å². The lowest BCUT2D eigenvalue weighted by molar-refractivity contribution is 0.0102. The van der Waals surface area contributed by atoms with E-state index in [2.05, 4.69) is 4.90 Å². The van der Waals surface area contributed by atoms with Crippen molar-refractivity contribution in [2.45, 2.75) is 39.0 Å². The summed E-state index contributed by atoms with van der Waals surface area (Å²) in [5, 5.41) is 0. The number of alkyl halides is 1. The highest BCUT2D eigenvalue weighted by Gasteiger charge is 2.19. The van der Waals surface area contributed by atoms with Crippen molar-refractivity contribution in [2.75, 3.05) is 26.2 Å². The van der Waals surface area contributed by atoms with Gasteiger partial charge in [-0.2, -0.15) is 0 Å². The van der Waals surface area contributed by atoms with Gasteiger partial charge in [0.05, 0.1) is 6.10 Å². The third-order valence-electron chi connectivity index (χ3n) is 2.45. The van der Waals surface area contributed by atoms with Crippen molar-refractivity contribution in [1.82, 2.24) is 4.90 Å². The number of hydrogen-bond acceptors (Lipinski definition) is 2. The monoisotopic (exact) mass is 189 g/mol. The molecule has 1 aliphatic heterocycles. The Kier molecular flexibility index (Phi) is 4.67. The van der Waals surface area contributed by atoms with Gasteiger partial charge < -0.3 is 9.64 Å². The number of piperidine rings is 1. The Labute approximate surface area is 80.1 Å². The summed E-state index contributed by atoms with van der Waals surface area (Å²) < 4.78 is 18.2. The highest BCUT2D eigenvalue weighted by Crippen LogP contribution is 2.13. The minimum Gasteiger partial charge on any atom is -0.378 e. The van der Waals surface area contributed by atoms with E-state index in [1.54, 1.807) is 6.92 Å². The first-order chi connectivity index (χ1) is 6.22. The zero-order chi connectivity index (χ0) is 9.68. The van der Waals surface area contributed by atoms with Crippen LogP contribution in [0, 0.1) is 0 Å². The minimum atomic E-state index is -0.705. The molecule has 2 nitrogen and oxygen atoms in total. The van der Waals surface area contributed by atoms with Crippen molar-refractivity contribution in [3.8, 4) is 0 Å². The molecule has 1 heterocycles. The van der Waals surface area contributed by atoms with Crippen LogP contribution in [-0.4, -0.2) is 43.4 Å². The second-order valence-electron chi connectivity index (χ2n) is 3.74. The first kappa shape index (κ1) is 10.9. The van der Waals surface area contributed by atoms with Crippen molar-refractivity contribution in [3.63, 3.8) is 0 Å². The van der Waals surface area contributed by atoms with E-state index in [9.17, 15) is 4.39 Å². The van der Waals surface area contributed by atoms with Gasteiger partial charge in [0.2, 0.25) is 0 Å². The number of halogens is 1. The van der Waals surface area contributed by atoms with Gasteiger partial charge in [0.15, 0.2) is 0 Å². The molecule has 1 atom stereocenters. The molecule has 3 heteroatoms. The Morgan fingerprint density at radius 1 is 1.46 bits per heavy atom. The SMILES string of the molecule is CCOC1CCN(C[C@@H](C)F)CC1. The lowest BCUT2D eigenvalue weighted by Crippen LogP contribution is -2.39. The van der Waals surface area contributed by atoms with Crippen molar-refractivity contribution >= 4 is 0 Å². The van der Waals surface area contributed by atoms with Crippen LogP contribution in [-0.2, 0) is 4.74 Å². The predicted octanol–water partition coefficient (Wildman–Crippen LogP) is 1.85. The number of rotatable bonds is 4. The third kappa shape index (κ3) is 4.05. The molecule has 1 rings (SSSR count). The molecule has 1 saturated heterocycles. The van der Waals surface area contributed by atoms with Gasteiger partial charge in [0.25, 0.3) is 0 Å². The fraction of sp³-hybridized carbons (Fsp3) is 1.00. The van der Waals surface area contributed by atoms with Crippen LogP contribution in [0.25, 0.3) is 0 Å². The molecule has 0 aromatic rings. The number of ether oxygens (including phenoxy) is 1. The second kappa shape index (κ2) is 5.55. The van der Waals surface area contributed by atoms with E-state index in [1.807, 2.05) is 6.92 Å². The van der Waals surface area contributed by atoms with Crippen LogP contribution in [0.3, 0.4) is 0 Å². The summed E-state index contributed by atoms with van der Waals surface area (Å²) in [7, 11) is 0. The largest absolute Gasteiger partial charge is 0.378 e. The van der Waals surface area contributed by atoms with Crippen LogP contribution in [0.15, 0.2) is 0 Å². The van der Waals surface area contributed by atoms with Crippen molar-refractivity contribution < 1.29 is 9.13 Å². The van der Waals surface area contributed by atoms with E-state index in [0.29, 0.717) is 12.6 Å². The molecule has 0 aromatic carbocycles. The molecule has 0 amide bonds. The van der Waals surface area contributed by atoms with E-state index in [4.69, 9.17) is 4.74 Å². The van der Waals surface area contributed by atoms with Gasteiger partial charge in [0, 0.05) is 26.2 Å². The summed E-state index contributed by atoms with van der Waals surface area (Å²) in [5.41, 5.74) is 0. The normalized spacial score (nSPS) is 23.3. The topological polar surface area (TPSA) is 12.5 Å². The predicted molar refractivity (Wildman–Crippen MR) is 51.7 cm³/mol. The van der Waals surface area contributed by atoms with Gasteiger partial charge in [-0.05, 0) is 26.7 Å². The van der Waals surface area contributed by atoms with E-state index >= 15 is 0 Å². The first-order valence-corrected chi connectivity index (χ1v) is 5.20. The highest BCUT2D eigenvalue weighted by atomic mass is 19.1. The van der Waals surface area contributed by atoms with Crippen LogP contribution in [0.5, 0.6) is 0 Å². The Morgan fingerprint density at radius 2 is 2.08 bits per heavy atom. The molecule has 13 heavy (non-hydrogen) atoms. The Morgan fingerprint density at radius 3 is 2.54 bits per heavy atom. The minimum absolute atomic E-state index is 0.413. The quantitative estimate of drug-likeness (QED) is 0.669. The molecule has 0 aromatic heterocycles. The molecule has 1 fully saturated rings. The van der Waals surface area contributed by atoms with Crippen molar-refractivity contribution in [1.29, 1.82) is 0 Å². The fourth-order valence-corrected chi connectivity index (χ4v) is 1.85. The molecule has 78 valence electrons. The van der Waals surface area contributed by atoms with Crippen LogP contribution in [0.2, 0.25) is 0 Å².